The highest BCUT2D eigenvalue weighted by molar-refractivity contribution is 5.03. The van der Waals surface area contributed by atoms with Crippen LogP contribution in [0.1, 0.15) is 45.4 Å². The third-order valence-corrected chi connectivity index (χ3v) is 3.66. The van der Waals surface area contributed by atoms with Gasteiger partial charge in [0.2, 0.25) is 0 Å². The lowest BCUT2D eigenvalue weighted by Crippen LogP contribution is -2.31. The van der Waals surface area contributed by atoms with E-state index in [1.165, 1.54) is 38.5 Å². The van der Waals surface area contributed by atoms with Crippen molar-refractivity contribution in [2.24, 2.45) is 11.3 Å². The monoisotopic (exact) mass is 150 g/mol. The van der Waals surface area contributed by atoms with E-state index in [9.17, 15) is 0 Å². The second-order valence-corrected chi connectivity index (χ2v) is 4.47. The Morgan fingerprint density at radius 3 is 3.00 bits per heavy atom. The summed E-state index contributed by atoms with van der Waals surface area (Å²) in [6, 6.07) is 0. The lowest BCUT2D eigenvalue weighted by molar-refractivity contribution is 0.132. The van der Waals surface area contributed by atoms with Crippen LogP contribution in [0.15, 0.2) is 12.2 Å². The fourth-order valence-corrected chi connectivity index (χ4v) is 2.74. The minimum absolute atomic E-state index is 0.688. The fraction of sp³-hybridized carbons (Fsp3) is 0.818. The molecular formula is C11H18. The van der Waals surface area contributed by atoms with Crippen LogP contribution in [0.3, 0.4) is 0 Å². The highest BCUT2D eigenvalue weighted by Crippen LogP contribution is 2.47. The van der Waals surface area contributed by atoms with Crippen LogP contribution in [0.2, 0.25) is 0 Å². The molecule has 0 spiro atoms. The minimum Gasteiger partial charge on any atom is -0.0882 e. The van der Waals surface area contributed by atoms with E-state index in [2.05, 4.69) is 19.1 Å². The summed E-state index contributed by atoms with van der Waals surface area (Å²) in [5, 5.41) is 0. The fourth-order valence-electron chi connectivity index (χ4n) is 2.74. The van der Waals surface area contributed by atoms with Crippen molar-refractivity contribution >= 4 is 0 Å². The SMILES string of the molecule is C[C@]12CCC=C[C@H]1CCCC2. The van der Waals surface area contributed by atoms with Gasteiger partial charge in [-0.3, -0.25) is 0 Å². The van der Waals surface area contributed by atoms with Crippen LogP contribution in [0.25, 0.3) is 0 Å². The topological polar surface area (TPSA) is 0 Å². The predicted octanol–water partition coefficient (Wildman–Crippen LogP) is 3.53. The maximum absolute atomic E-state index is 2.49. The summed E-state index contributed by atoms with van der Waals surface area (Å²) < 4.78 is 0. The molecule has 0 heteroatoms. The molecule has 2 aliphatic rings. The van der Waals surface area contributed by atoms with Gasteiger partial charge in [0.25, 0.3) is 0 Å². The molecule has 1 fully saturated rings. The van der Waals surface area contributed by atoms with Gasteiger partial charge < -0.3 is 0 Å². The molecule has 0 N–H and O–H groups in total. The van der Waals surface area contributed by atoms with Gasteiger partial charge in [-0.15, -0.1) is 0 Å². The first kappa shape index (κ1) is 7.39. The summed E-state index contributed by atoms with van der Waals surface area (Å²) in [4.78, 5) is 0. The summed E-state index contributed by atoms with van der Waals surface area (Å²) in [6.07, 6.45) is 13.5. The summed E-state index contributed by atoms with van der Waals surface area (Å²) in [7, 11) is 0. The molecule has 0 saturated heterocycles. The first-order valence-electron chi connectivity index (χ1n) is 4.98. The molecule has 0 unspecified atom stereocenters. The van der Waals surface area contributed by atoms with Crippen LogP contribution in [0, 0.1) is 11.3 Å². The smallest absolute Gasteiger partial charge is 0.0179 e. The number of allylic oxidation sites excluding steroid dienone is 2. The molecule has 0 nitrogen and oxygen atoms in total. The van der Waals surface area contributed by atoms with Crippen LogP contribution < -0.4 is 0 Å². The Kier molecular flexibility index (Phi) is 1.78. The lowest BCUT2D eigenvalue weighted by Gasteiger charge is -2.42. The van der Waals surface area contributed by atoms with Gasteiger partial charge in [-0.2, -0.15) is 0 Å². The first-order valence-corrected chi connectivity index (χ1v) is 4.98. The van der Waals surface area contributed by atoms with Gasteiger partial charge in [-0.1, -0.05) is 31.9 Å². The molecule has 11 heavy (non-hydrogen) atoms. The largest absolute Gasteiger partial charge is 0.0882 e. The minimum atomic E-state index is 0.688. The molecule has 2 rings (SSSR count). The molecule has 2 atom stereocenters. The second-order valence-electron chi connectivity index (χ2n) is 4.47. The summed E-state index contributed by atoms with van der Waals surface area (Å²) >= 11 is 0. The summed E-state index contributed by atoms with van der Waals surface area (Å²) in [6.45, 7) is 2.49. The highest BCUT2D eigenvalue weighted by Gasteiger charge is 2.35. The van der Waals surface area contributed by atoms with Crippen molar-refractivity contribution in [1.29, 1.82) is 0 Å². The average Bonchev–Trinajstić information content (AvgIpc) is 2.03. The van der Waals surface area contributed by atoms with Crippen molar-refractivity contribution in [3.63, 3.8) is 0 Å². The van der Waals surface area contributed by atoms with Gasteiger partial charge in [0.05, 0.1) is 0 Å². The molecule has 0 aromatic carbocycles. The van der Waals surface area contributed by atoms with E-state index in [4.69, 9.17) is 0 Å². The van der Waals surface area contributed by atoms with E-state index in [0.717, 1.165) is 5.92 Å². The Hall–Kier alpha value is -0.260. The molecule has 0 amide bonds. The Morgan fingerprint density at radius 2 is 2.18 bits per heavy atom. The van der Waals surface area contributed by atoms with Crippen LogP contribution in [0.4, 0.5) is 0 Å². The number of hydrogen-bond donors (Lipinski definition) is 0. The standard InChI is InChI=1S/C11H18/c1-11-8-4-2-6-10(11)7-3-5-9-11/h2,6,10H,3-5,7-9H2,1H3/t10-,11+/m0/s1. The Bertz CT molecular complexity index is 169. The molecule has 0 bridgehead atoms. The maximum atomic E-state index is 2.49. The number of fused-ring (bicyclic) bond motifs is 1. The zero-order chi connectivity index (χ0) is 7.73. The number of rotatable bonds is 0. The molecule has 1 saturated carbocycles. The average molecular weight is 150 g/mol. The van der Waals surface area contributed by atoms with Gasteiger partial charge in [-0.05, 0) is 37.0 Å². The van der Waals surface area contributed by atoms with Crippen molar-refractivity contribution in [2.75, 3.05) is 0 Å². The Morgan fingerprint density at radius 1 is 1.27 bits per heavy atom. The van der Waals surface area contributed by atoms with Crippen molar-refractivity contribution < 1.29 is 0 Å². The third-order valence-electron chi connectivity index (χ3n) is 3.66. The van der Waals surface area contributed by atoms with Gasteiger partial charge in [0.1, 0.15) is 0 Å². The van der Waals surface area contributed by atoms with Crippen LogP contribution in [0.5, 0.6) is 0 Å². The Balaban J connectivity index is 2.16. The van der Waals surface area contributed by atoms with E-state index in [1.54, 1.807) is 0 Å². The van der Waals surface area contributed by atoms with Crippen molar-refractivity contribution in [1.82, 2.24) is 0 Å². The molecular weight excluding hydrogens is 132 g/mol. The molecule has 0 aliphatic heterocycles. The maximum Gasteiger partial charge on any atom is -0.0179 e. The lowest BCUT2D eigenvalue weighted by atomic mass is 9.63. The summed E-state index contributed by atoms with van der Waals surface area (Å²) in [5.41, 5.74) is 0.688. The van der Waals surface area contributed by atoms with E-state index in [1.807, 2.05) is 0 Å². The van der Waals surface area contributed by atoms with Crippen LogP contribution in [-0.4, -0.2) is 0 Å². The van der Waals surface area contributed by atoms with Gasteiger partial charge >= 0.3 is 0 Å². The van der Waals surface area contributed by atoms with Crippen molar-refractivity contribution in [2.45, 2.75) is 45.4 Å². The molecule has 0 aromatic rings. The second kappa shape index (κ2) is 2.66. The highest BCUT2D eigenvalue weighted by atomic mass is 14.4. The number of hydrogen-bond acceptors (Lipinski definition) is 0. The van der Waals surface area contributed by atoms with Gasteiger partial charge in [0, 0.05) is 0 Å². The molecule has 0 heterocycles. The molecule has 0 radical (unpaired) electrons. The predicted molar refractivity (Wildman–Crippen MR) is 48.4 cm³/mol. The Labute approximate surface area is 69.7 Å². The normalized spacial score (nSPS) is 43.5. The molecule has 62 valence electrons. The van der Waals surface area contributed by atoms with E-state index in [0.29, 0.717) is 5.41 Å². The molecule has 2 aliphatic carbocycles. The van der Waals surface area contributed by atoms with Crippen LogP contribution >= 0.6 is 0 Å². The van der Waals surface area contributed by atoms with E-state index < -0.39 is 0 Å². The third kappa shape index (κ3) is 1.23. The van der Waals surface area contributed by atoms with Crippen LogP contribution in [-0.2, 0) is 0 Å². The quantitative estimate of drug-likeness (QED) is 0.463. The van der Waals surface area contributed by atoms with E-state index in [-0.39, 0.29) is 0 Å². The van der Waals surface area contributed by atoms with Gasteiger partial charge in [0.15, 0.2) is 0 Å². The van der Waals surface area contributed by atoms with E-state index >= 15 is 0 Å². The zero-order valence-corrected chi connectivity index (χ0v) is 7.47. The van der Waals surface area contributed by atoms with Crippen molar-refractivity contribution in [3.8, 4) is 0 Å². The molecule has 0 aromatic heterocycles. The zero-order valence-electron chi connectivity index (χ0n) is 7.47. The van der Waals surface area contributed by atoms with Gasteiger partial charge in [-0.25, -0.2) is 0 Å². The van der Waals surface area contributed by atoms with Crippen molar-refractivity contribution in [3.05, 3.63) is 12.2 Å². The first-order chi connectivity index (χ1) is 5.31. The summed E-state index contributed by atoms with van der Waals surface area (Å²) in [5.74, 6) is 0.921.